The molecule has 0 unspecified atom stereocenters. The highest BCUT2D eigenvalue weighted by Gasteiger charge is 2.31. The van der Waals surface area contributed by atoms with Gasteiger partial charge < -0.3 is 4.90 Å². The Bertz CT molecular complexity index is 484. The molecular weight excluding hydrogens is 250 g/mol. The Balaban J connectivity index is 2.20. The Morgan fingerprint density at radius 2 is 2.17 bits per heavy atom. The van der Waals surface area contributed by atoms with Crippen LogP contribution in [0.15, 0.2) is 0 Å². The smallest absolute Gasteiger partial charge is 0.323 e. The molecule has 2 amide bonds. The molecule has 0 radical (unpaired) electrons. The molecule has 0 saturated carbocycles. The summed E-state index contributed by atoms with van der Waals surface area (Å²) in [5.74, 6) is 0.00769. The van der Waals surface area contributed by atoms with Crippen molar-refractivity contribution in [1.82, 2.24) is 9.88 Å². The summed E-state index contributed by atoms with van der Waals surface area (Å²) < 4.78 is 0. The summed E-state index contributed by atoms with van der Waals surface area (Å²) in [4.78, 5) is 32.0. The molecule has 98 valence electrons. The van der Waals surface area contributed by atoms with Crippen LogP contribution in [0.5, 0.6) is 0 Å². The average molecular weight is 267 g/mol. The molecule has 1 aliphatic heterocycles. The number of rotatable bonds is 4. The lowest BCUT2D eigenvalue weighted by Gasteiger charge is -2.15. The van der Waals surface area contributed by atoms with Crippen molar-refractivity contribution in [2.24, 2.45) is 0 Å². The molecule has 1 saturated heterocycles. The van der Waals surface area contributed by atoms with Crippen LogP contribution in [0.4, 0.5) is 9.93 Å². The number of carbonyl (C=O) groups excluding carboxylic acids is 2. The fraction of sp³-hybridized carbons (Fsp3) is 0.583. The van der Waals surface area contributed by atoms with Gasteiger partial charge in [0.25, 0.3) is 0 Å². The van der Waals surface area contributed by atoms with Gasteiger partial charge in [-0.3, -0.25) is 9.69 Å². The third kappa shape index (κ3) is 2.25. The van der Waals surface area contributed by atoms with E-state index in [1.165, 1.54) is 18.3 Å². The van der Waals surface area contributed by atoms with Gasteiger partial charge in [-0.1, -0.05) is 18.3 Å². The minimum absolute atomic E-state index is 0.000650. The zero-order valence-corrected chi connectivity index (χ0v) is 11.7. The van der Waals surface area contributed by atoms with E-state index in [-0.39, 0.29) is 11.8 Å². The fourth-order valence-corrected chi connectivity index (χ4v) is 3.04. The molecule has 1 fully saturated rings. The lowest BCUT2D eigenvalue weighted by molar-refractivity contribution is 0.102. The number of nitrogens with zero attached hydrogens (tertiary/aromatic N) is 3. The molecule has 18 heavy (non-hydrogen) atoms. The summed E-state index contributed by atoms with van der Waals surface area (Å²) in [7, 11) is 0. The third-order valence-electron chi connectivity index (χ3n) is 2.92. The van der Waals surface area contributed by atoms with Gasteiger partial charge in [0.05, 0.1) is 10.6 Å². The third-order valence-corrected chi connectivity index (χ3v) is 4.21. The first-order valence-electron chi connectivity index (χ1n) is 6.09. The highest BCUT2D eigenvalue weighted by Crippen LogP contribution is 2.28. The van der Waals surface area contributed by atoms with Crippen LogP contribution >= 0.6 is 11.3 Å². The Morgan fingerprint density at radius 3 is 2.72 bits per heavy atom. The van der Waals surface area contributed by atoms with Crippen LogP contribution in [-0.2, 0) is 0 Å². The lowest BCUT2D eigenvalue weighted by Crippen LogP contribution is -2.32. The SMILES string of the molecule is CCCN1CCN(c2nc(C)c(C(C)=O)s2)C1=O. The predicted molar refractivity (Wildman–Crippen MR) is 71.5 cm³/mol. The zero-order chi connectivity index (χ0) is 13.3. The largest absolute Gasteiger partial charge is 0.326 e. The maximum absolute atomic E-state index is 12.1. The van der Waals surface area contributed by atoms with E-state index in [1.807, 2.05) is 4.90 Å². The van der Waals surface area contributed by atoms with Crippen LogP contribution in [0, 0.1) is 6.92 Å². The predicted octanol–water partition coefficient (Wildman–Crippen LogP) is 2.31. The van der Waals surface area contributed by atoms with E-state index in [1.54, 1.807) is 11.8 Å². The normalized spacial score (nSPS) is 15.6. The second-order valence-electron chi connectivity index (χ2n) is 4.39. The highest BCUT2D eigenvalue weighted by atomic mass is 32.1. The first-order chi connectivity index (χ1) is 8.54. The quantitative estimate of drug-likeness (QED) is 0.787. The summed E-state index contributed by atoms with van der Waals surface area (Å²) in [5.41, 5.74) is 0.712. The second-order valence-corrected chi connectivity index (χ2v) is 5.37. The van der Waals surface area contributed by atoms with Crippen LogP contribution in [0.3, 0.4) is 0 Å². The van der Waals surface area contributed by atoms with Crippen LogP contribution in [0.1, 0.15) is 35.6 Å². The number of hydrogen-bond acceptors (Lipinski definition) is 4. The minimum Gasteiger partial charge on any atom is -0.323 e. The summed E-state index contributed by atoms with van der Waals surface area (Å²) >= 11 is 1.31. The van der Waals surface area contributed by atoms with Crippen LogP contribution in [0.25, 0.3) is 0 Å². The fourth-order valence-electron chi connectivity index (χ4n) is 2.06. The maximum atomic E-state index is 12.1. The molecule has 6 heteroatoms. The summed E-state index contributed by atoms with van der Waals surface area (Å²) in [6, 6.07) is 0.000650. The second kappa shape index (κ2) is 5.06. The molecule has 0 aromatic carbocycles. The van der Waals surface area contributed by atoms with E-state index in [0.29, 0.717) is 22.2 Å². The van der Waals surface area contributed by atoms with Crippen LogP contribution < -0.4 is 4.90 Å². The molecule has 1 aliphatic rings. The van der Waals surface area contributed by atoms with Crippen molar-refractivity contribution in [2.75, 3.05) is 24.5 Å². The topological polar surface area (TPSA) is 53.5 Å². The van der Waals surface area contributed by atoms with Crippen molar-refractivity contribution in [1.29, 1.82) is 0 Å². The van der Waals surface area contributed by atoms with E-state index >= 15 is 0 Å². The van der Waals surface area contributed by atoms with Crippen molar-refractivity contribution in [3.05, 3.63) is 10.6 Å². The Kier molecular flexibility index (Phi) is 3.65. The number of Topliss-reactive ketones (excluding diaryl/α,β-unsaturated/α-hetero) is 1. The van der Waals surface area contributed by atoms with E-state index in [0.717, 1.165) is 19.5 Å². The average Bonchev–Trinajstić information content (AvgIpc) is 2.84. The van der Waals surface area contributed by atoms with Crippen LogP contribution in [-0.4, -0.2) is 41.3 Å². The van der Waals surface area contributed by atoms with E-state index in [9.17, 15) is 9.59 Å². The number of hydrogen-bond donors (Lipinski definition) is 0. The van der Waals surface area contributed by atoms with Gasteiger partial charge in [0, 0.05) is 26.6 Å². The number of amides is 2. The Morgan fingerprint density at radius 1 is 1.44 bits per heavy atom. The number of ketones is 1. The van der Waals surface area contributed by atoms with E-state index < -0.39 is 0 Å². The molecule has 0 bridgehead atoms. The molecule has 5 nitrogen and oxygen atoms in total. The summed E-state index contributed by atoms with van der Waals surface area (Å²) in [5, 5.41) is 0.640. The Labute approximate surface area is 110 Å². The minimum atomic E-state index is 0.000650. The summed E-state index contributed by atoms with van der Waals surface area (Å²) in [6.45, 7) is 7.56. The molecule has 0 atom stereocenters. The van der Waals surface area contributed by atoms with E-state index in [4.69, 9.17) is 0 Å². The van der Waals surface area contributed by atoms with Gasteiger partial charge in [-0.25, -0.2) is 9.78 Å². The number of thiazole rings is 1. The molecule has 2 heterocycles. The first kappa shape index (κ1) is 13.0. The van der Waals surface area contributed by atoms with Gasteiger partial charge in [0.15, 0.2) is 10.9 Å². The molecule has 1 aromatic heterocycles. The summed E-state index contributed by atoms with van der Waals surface area (Å²) in [6.07, 6.45) is 0.954. The number of anilines is 1. The number of urea groups is 1. The molecule has 0 N–H and O–H groups in total. The lowest BCUT2D eigenvalue weighted by atomic mass is 10.3. The van der Waals surface area contributed by atoms with Crippen molar-refractivity contribution in [2.45, 2.75) is 27.2 Å². The molecule has 0 spiro atoms. The molecule has 1 aromatic rings. The first-order valence-corrected chi connectivity index (χ1v) is 6.91. The standard InChI is InChI=1S/C12H17N3O2S/c1-4-5-14-6-7-15(12(14)17)11-13-8(2)10(18-11)9(3)16/h4-7H2,1-3H3. The van der Waals surface area contributed by atoms with Crippen molar-refractivity contribution in [3.63, 3.8) is 0 Å². The van der Waals surface area contributed by atoms with Crippen molar-refractivity contribution >= 4 is 28.3 Å². The van der Waals surface area contributed by atoms with Gasteiger partial charge in [-0.05, 0) is 13.3 Å². The van der Waals surface area contributed by atoms with Crippen molar-refractivity contribution < 1.29 is 9.59 Å². The number of carbonyl (C=O) groups is 2. The highest BCUT2D eigenvalue weighted by molar-refractivity contribution is 7.17. The van der Waals surface area contributed by atoms with Gasteiger partial charge in [-0.2, -0.15) is 0 Å². The Hall–Kier alpha value is -1.43. The van der Waals surface area contributed by atoms with Gasteiger partial charge in [0.1, 0.15) is 0 Å². The monoisotopic (exact) mass is 267 g/mol. The number of aromatic nitrogens is 1. The van der Waals surface area contributed by atoms with Crippen molar-refractivity contribution in [3.8, 4) is 0 Å². The molecule has 0 aliphatic carbocycles. The molecular formula is C12H17N3O2S. The van der Waals surface area contributed by atoms with Crippen LogP contribution in [0.2, 0.25) is 0 Å². The van der Waals surface area contributed by atoms with Gasteiger partial charge in [-0.15, -0.1) is 0 Å². The molecule has 2 rings (SSSR count). The number of aryl methyl sites for hydroxylation is 1. The zero-order valence-electron chi connectivity index (χ0n) is 10.9. The van der Waals surface area contributed by atoms with E-state index in [2.05, 4.69) is 11.9 Å². The maximum Gasteiger partial charge on any atom is 0.326 e. The van der Waals surface area contributed by atoms with Gasteiger partial charge >= 0.3 is 6.03 Å². The van der Waals surface area contributed by atoms with Gasteiger partial charge in [0.2, 0.25) is 0 Å².